The lowest BCUT2D eigenvalue weighted by atomic mass is 9.98. The zero-order chi connectivity index (χ0) is 17.5. The summed E-state index contributed by atoms with van der Waals surface area (Å²) >= 11 is 0. The van der Waals surface area contributed by atoms with Gasteiger partial charge in [0.1, 0.15) is 6.04 Å². The molecule has 23 heavy (non-hydrogen) atoms. The Morgan fingerprint density at radius 1 is 1.26 bits per heavy atom. The van der Waals surface area contributed by atoms with Crippen molar-refractivity contribution in [3.05, 3.63) is 42.0 Å². The predicted molar refractivity (Wildman–Crippen MR) is 96.2 cm³/mol. The molecule has 2 atom stereocenters. The number of hydrogen-bond donors (Lipinski definition) is 1. The lowest BCUT2D eigenvalue weighted by Crippen LogP contribution is -2.45. The van der Waals surface area contributed by atoms with E-state index in [2.05, 4.69) is 4.72 Å². The summed E-state index contributed by atoms with van der Waals surface area (Å²) in [5, 5.41) is 0. The van der Waals surface area contributed by atoms with E-state index in [1.54, 1.807) is 6.92 Å². The van der Waals surface area contributed by atoms with E-state index in [1.165, 1.54) is 0 Å². The molecule has 0 aliphatic rings. The zero-order valence-electron chi connectivity index (χ0n) is 14.6. The van der Waals surface area contributed by atoms with E-state index < -0.39 is 27.7 Å². The van der Waals surface area contributed by atoms with E-state index in [0.717, 1.165) is 17.6 Å². The highest BCUT2D eigenvalue weighted by atomic mass is 32.2. The summed E-state index contributed by atoms with van der Waals surface area (Å²) < 4.78 is 20.2. The van der Waals surface area contributed by atoms with Gasteiger partial charge in [-0.2, -0.15) is 0 Å². The van der Waals surface area contributed by atoms with E-state index in [9.17, 15) is 9.00 Å². The molecule has 0 aliphatic carbocycles. The summed E-state index contributed by atoms with van der Waals surface area (Å²) in [6.45, 7) is 9.65. The Hall–Kier alpha value is -1.46. The lowest BCUT2D eigenvalue weighted by molar-refractivity contribution is -0.143. The maximum Gasteiger partial charge on any atom is 0.328 e. The molecule has 1 aromatic carbocycles. The van der Waals surface area contributed by atoms with Crippen LogP contribution in [0.15, 0.2) is 36.4 Å². The van der Waals surface area contributed by atoms with Gasteiger partial charge in [-0.15, -0.1) is 0 Å². The van der Waals surface area contributed by atoms with Gasteiger partial charge in [-0.1, -0.05) is 43.3 Å². The number of rotatable bonds is 7. The third-order valence-electron chi connectivity index (χ3n) is 3.15. The molecule has 4 nitrogen and oxygen atoms in total. The zero-order valence-corrected chi connectivity index (χ0v) is 15.4. The minimum Gasteiger partial charge on any atom is -0.465 e. The SMILES string of the molecule is CC/C=C(\c1ccccc1)C(NS(=O)C(C)(C)C)C(=O)OCC. The quantitative estimate of drug-likeness (QED) is 0.775. The van der Waals surface area contributed by atoms with Gasteiger partial charge in [-0.25, -0.2) is 13.7 Å². The van der Waals surface area contributed by atoms with Crippen molar-refractivity contribution >= 4 is 22.5 Å². The second-order valence-corrected chi connectivity index (χ2v) is 8.12. The van der Waals surface area contributed by atoms with E-state index in [1.807, 2.05) is 64.1 Å². The van der Waals surface area contributed by atoms with Gasteiger partial charge in [0.05, 0.1) is 22.3 Å². The largest absolute Gasteiger partial charge is 0.465 e. The van der Waals surface area contributed by atoms with E-state index in [0.29, 0.717) is 0 Å². The van der Waals surface area contributed by atoms with E-state index in [4.69, 9.17) is 4.74 Å². The van der Waals surface area contributed by atoms with Crippen LogP contribution in [0.5, 0.6) is 0 Å². The number of ether oxygens (including phenoxy) is 1. The third kappa shape index (κ3) is 5.92. The van der Waals surface area contributed by atoms with Crippen molar-refractivity contribution in [2.24, 2.45) is 0 Å². The fourth-order valence-electron chi connectivity index (χ4n) is 2.00. The van der Waals surface area contributed by atoms with Crippen LogP contribution in [0.2, 0.25) is 0 Å². The maximum atomic E-state index is 12.5. The Balaban J connectivity index is 3.22. The van der Waals surface area contributed by atoms with Crippen LogP contribution in [0.1, 0.15) is 46.6 Å². The van der Waals surface area contributed by atoms with Crippen molar-refractivity contribution in [3.8, 4) is 0 Å². The molecule has 0 amide bonds. The predicted octanol–water partition coefficient (Wildman–Crippen LogP) is 3.46. The first-order valence-corrected chi connectivity index (χ1v) is 9.06. The second-order valence-electron chi connectivity index (χ2n) is 6.12. The summed E-state index contributed by atoms with van der Waals surface area (Å²) in [4.78, 5) is 12.4. The van der Waals surface area contributed by atoms with Crippen molar-refractivity contribution < 1.29 is 13.7 Å². The van der Waals surface area contributed by atoms with Crippen LogP contribution >= 0.6 is 0 Å². The van der Waals surface area contributed by atoms with Crippen molar-refractivity contribution in [2.75, 3.05) is 6.61 Å². The fourth-order valence-corrected chi connectivity index (χ4v) is 2.79. The highest BCUT2D eigenvalue weighted by Crippen LogP contribution is 2.22. The molecule has 0 saturated heterocycles. The molecule has 0 bridgehead atoms. The van der Waals surface area contributed by atoms with E-state index >= 15 is 0 Å². The number of nitrogens with one attached hydrogen (secondary N) is 1. The highest BCUT2D eigenvalue weighted by Gasteiger charge is 2.30. The van der Waals surface area contributed by atoms with Gasteiger partial charge in [-0.3, -0.25) is 0 Å². The summed E-state index contributed by atoms with van der Waals surface area (Å²) in [5.74, 6) is -0.409. The van der Waals surface area contributed by atoms with Gasteiger partial charge in [0.2, 0.25) is 0 Å². The Bertz CT molecular complexity index is 561. The lowest BCUT2D eigenvalue weighted by Gasteiger charge is -2.25. The molecule has 1 N–H and O–H groups in total. The average molecular weight is 337 g/mol. The van der Waals surface area contributed by atoms with Crippen molar-refractivity contribution in [2.45, 2.75) is 51.8 Å². The van der Waals surface area contributed by atoms with Crippen LogP contribution in [0.25, 0.3) is 5.57 Å². The number of hydrogen-bond acceptors (Lipinski definition) is 3. The molecule has 1 rings (SSSR count). The molecule has 0 radical (unpaired) electrons. The number of carbonyl (C=O) groups is 1. The number of benzene rings is 1. The van der Waals surface area contributed by atoms with Crippen LogP contribution in [-0.4, -0.2) is 27.6 Å². The first-order valence-electron chi connectivity index (χ1n) is 7.91. The highest BCUT2D eigenvalue weighted by molar-refractivity contribution is 7.84. The smallest absolute Gasteiger partial charge is 0.328 e. The molecule has 0 saturated carbocycles. The molecule has 5 heteroatoms. The molecule has 128 valence electrons. The molecule has 0 aromatic heterocycles. The van der Waals surface area contributed by atoms with Gasteiger partial charge < -0.3 is 4.74 Å². The molecule has 0 fully saturated rings. The minimum absolute atomic E-state index is 0.285. The van der Waals surface area contributed by atoms with Crippen molar-refractivity contribution in [3.63, 3.8) is 0 Å². The summed E-state index contributed by atoms with van der Waals surface area (Å²) in [6, 6.07) is 8.89. The summed E-state index contributed by atoms with van der Waals surface area (Å²) in [5.41, 5.74) is 1.72. The Morgan fingerprint density at radius 2 is 1.87 bits per heavy atom. The maximum absolute atomic E-state index is 12.5. The normalized spacial score (nSPS) is 15.1. The summed E-state index contributed by atoms with van der Waals surface area (Å²) in [6.07, 6.45) is 2.74. The molecule has 0 spiro atoms. The molecule has 2 unspecified atom stereocenters. The van der Waals surface area contributed by atoms with Gasteiger partial charge in [0, 0.05) is 0 Å². The monoisotopic (exact) mass is 337 g/mol. The van der Waals surface area contributed by atoms with Crippen LogP contribution in [-0.2, 0) is 20.5 Å². The number of esters is 1. The average Bonchev–Trinajstić information content (AvgIpc) is 2.50. The Morgan fingerprint density at radius 3 is 2.35 bits per heavy atom. The van der Waals surface area contributed by atoms with Crippen LogP contribution in [0.3, 0.4) is 0 Å². The number of carbonyl (C=O) groups excluding carboxylic acids is 1. The van der Waals surface area contributed by atoms with Crippen molar-refractivity contribution in [1.29, 1.82) is 0 Å². The first-order chi connectivity index (χ1) is 10.8. The van der Waals surface area contributed by atoms with Gasteiger partial charge in [0.15, 0.2) is 0 Å². The van der Waals surface area contributed by atoms with Crippen LogP contribution < -0.4 is 4.72 Å². The van der Waals surface area contributed by atoms with Gasteiger partial charge in [0.25, 0.3) is 0 Å². The van der Waals surface area contributed by atoms with E-state index in [-0.39, 0.29) is 6.61 Å². The molecular formula is C18H27NO3S. The molecule has 0 heterocycles. The van der Waals surface area contributed by atoms with Crippen LogP contribution in [0.4, 0.5) is 0 Å². The Labute approximate surface area is 141 Å². The standard InChI is InChI=1S/C18H27NO3S/c1-6-11-15(14-12-9-8-10-13-14)16(17(20)22-7-2)19-23(21)18(3,4)5/h8-13,16,19H,6-7H2,1-5H3/b15-11+. The van der Waals surface area contributed by atoms with Crippen LogP contribution in [0, 0.1) is 0 Å². The van der Waals surface area contributed by atoms with Crippen molar-refractivity contribution in [1.82, 2.24) is 4.72 Å². The summed E-state index contributed by atoms with van der Waals surface area (Å²) in [7, 11) is -1.38. The molecule has 0 aliphatic heterocycles. The topological polar surface area (TPSA) is 55.4 Å². The second kappa shape index (κ2) is 8.99. The molecule has 1 aromatic rings. The fraction of sp³-hybridized carbons (Fsp3) is 0.500. The van der Waals surface area contributed by atoms with Gasteiger partial charge in [-0.05, 0) is 45.3 Å². The third-order valence-corrected chi connectivity index (χ3v) is 4.71. The van der Waals surface area contributed by atoms with Gasteiger partial charge >= 0.3 is 5.97 Å². The first kappa shape index (κ1) is 19.6. The number of allylic oxidation sites excluding steroid dienone is 1. The molecular weight excluding hydrogens is 310 g/mol. The minimum atomic E-state index is -1.38. The Kier molecular flexibility index (Phi) is 7.65.